The maximum Gasteiger partial charge on any atom is 0.144 e. The van der Waals surface area contributed by atoms with E-state index in [0.29, 0.717) is 0 Å². The number of nitrogens with one attached hydrogen (secondary N) is 1. The van der Waals surface area contributed by atoms with Gasteiger partial charge in [0.25, 0.3) is 0 Å². The third-order valence-corrected chi connectivity index (χ3v) is 4.76. The van der Waals surface area contributed by atoms with Gasteiger partial charge in [0.05, 0.1) is 15.9 Å². The number of anilines is 1. The van der Waals surface area contributed by atoms with Gasteiger partial charge in [0.1, 0.15) is 11.6 Å². The number of thioether (sulfide) groups is 1. The Bertz CT molecular complexity index is 582. The molecule has 1 aromatic heterocycles. The first-order valence-electron chi connectivity index (χ1n) is 6.25. The summed E-state index contributed by atoms with van der Waals surface area (Å²) in [4.78, 5) is 10.2. The number of hydrogen-bond acceptors (Lipinski definition) is 4. The summed E-state index contributed by atoms with van der Waals surface area (Å²) < 4.78 is 0.944. The summed E-state index contributed by atoms with van der Waals surface area (Å²) >= 11 is 11.2. The summed E-state index contributed by atoms with van der Waals surface area (Å²) in [7, 11) is 1.86. The quantitative estimate of drug-likeness (QED) is 0.766. The minimum absolute atomic E-state index is 0.718. The van der Waals surface area contributed by atoms with Crippen LogP contribution in [0.5, 0.6) is 0 Å². The first kappa shape index (κ1) is 15.6. The molecule has 0 amide bonds. The van der Waals surface area contributed by atoms with Crippen molar-refractivity contribution in [3.63, 3.8) is 0 Å². The van der Waals surface area contributed by atoms with E-state index in [1.165, 1.54) is 0 Å². The summed E-state index contributed by atoms with van der Waals surface area (Å²) in [6.07, 6.45) is 0.868. The molecule has 3 nitrogen and oxygen atoms in total. The fourth-order valence-electron chi connectivity index (χ4n) is 1.71. The molecule has 0 atom stereocenters. The lowest BCUT2D eigenvalue weighted by Gasteiger charge is -2.10. The van der Waals surface area contributed by atoms with Crippen LogP contribution in [-0.2, 0) is 12.2 Å². The second kappa shape index (κ2) is 7.29. The van der Waals surface area contributed by atoms with Crippen LogP contribution in [0.15, 0.2) is 33.6 Å². The largest absolute Gasteiger partial charge is 0.372 e. The highest BCUT2D eigenvalue weighted by molar-refractivity contribution is 9.10. The molecule has 0 fully saturated rings. The molecule has 20 heavy (non-hydrogen) atoms. The molecule has 0 aliphatic carbocycles. The second-order valence-electron chi connectivity index (χ2n) is 4.10. The average Bonchev–Trinajstić information content (AvgIpc) is 2.46. The molecule has 0 saturated heterocycles. The molecule has 2 rings (SSSR count). The topological polar surface area (TPSA) is 37.8 Å². The molecule has 2 aromatic rings. The Hall–Kier alpha value is -0.780. The summed E-state index contributed by atoms with van der Waals surface area (Å²) in [6, 6.07) is 7.81. The van der Waals surface area contributed by atoms with E-state index >= 15 is 0 Å². The zero-order valence-electron chi connectivity index (χ0n) is 11.3. The summed E-state index contributed by atoms with van der Waals surface area (Å²) in [5.74, 6) is 2.37. The second-order valence-corrected chi connectivity index (χ2v) is 6.38. The van der Waals surface area contributed by atoms with E-state index in [1.807, 2.05) is 31.3 Å². The van der Waals surface area contributed by atoms with Crippen molar-refractivity contribution in [1.82, 2.24) is 9.97 Å². The van der Waals surface area contributed by atoms with E-state index in [9.17, 15) is 0 Å². The van der Waals surface area contributed by atoms with Crippen LogP contribution in [0.25, 0.3) is 0 Å². The van der Waals surface area contributed by atoms with Gasteiger partial charge in [0.2, 0.25) is 0 Å². The molecule has 1 N–H and O–H groups in total. The fourth-order valence-corrected chi connectivity index (χ4v) is 3.43. The first-order chi connectivity index (χ1) is 9.63. The summed E-state index contributed by atoms with van der Waals surface area (Å²) in [5, 5.41) is 3.84. The Labute approximate surface area is 136 Å². The Morgan fingerprint density at radius 2 is 2.15 bits per heavy atom. The average molecular weight is 373 g/mol. The summed E-state index contributed by atoms with van der Waals surface area (Å²) in [5.41, 5.74) is 1.02. The molecule has 106 valence electrons. The highest BCUT2D eigenvalue weighted by Gasteiger charge is 2.10. The van der Waals surface area contributed by atoms with Gasteiger partial charge in [-0.1, -0.05) is 24.6 Å². The lowest BCUT2D eigenvalue weighted by molar-refractivity contribution is 0.930. The van der Waals surface area contributed by atoms with Gasteiger partial charge < -0.3 is 5.32 Å². The smallest absolute Gasteiger partial charge is 0.144 e. The minimum Gasteiger partial charge on any atom is -0.372 e. The highest BCUT2D eigenvalue weighted by Crippen LogP contribution is 2.27. The standard InChI is InChI=1S/C14H15BrClN3S/c1-3-11-13(15)14(17-2)19-12(18-11)8-20-10-6-4-5-9(16)7-10/h4-7H,3,8H2,1-2H3,(H,17,18,19). The van der Waals surface area contributed by atoms with Crippen molar-refractivity contribution in [3.05, 3.63) is 45.3 Å². The van der Waals surface area contributed by atoms with Crippen molar-refractivity contribution < 1.29 is 0 Å². The van der Waals surface area contributed by atoms with Gasteiger partial charge >= 0.3 is 0 Å². The van der Waals surface area contributed by atoms with Crippen molar-refractivity contribution in [3.8, 4) is 0 Å². The van der Waals surface area contributed by atoms with Crippen LogP contribution >= 0.6 is 39.3 Å². The van der Waals surface area contributed by atoms with Crippen LogP contribution in [0, 0.1) is 0 Å². The minimum atomic E-state index is 0.718. The molecule has 1 aromatic carbocycles. The molecular weight excluding hydrogens is 358 g/mol. The maximum atomic E-state index is 5.98. The molecule has 0 aliphatic heterocycles. The first-order valence-corrected chi connectivity index (χ1v) is 8.41. The highest BCUT2D eigenvalue weighted by atomic mass is 79.9. The molecule has 0 unspecified atom stereocenters. The fraction of sp³-hybridized carbons (Fsp3) is 0.286. The van der Waals surface area contributed by atoms with Crippen LogP contribution < -0.4 is 5.32 Å². The van der Waals surface area contributed by atoms with Crippen LogP contribution in [0.2, 0.25) is 5.02 Å². The molecule has 0 aliphatic rings. The molecule has 0 spiro atoms. The number of rotatable bonds is 5. The molecule has 1 heterocycles. The van der Waals surface area contributed by atoms with E-state index in [-0.39, 0.29) is 0 Å². The van der Waals surface area contributed by atoms with Gasteiger partial charge in [-0.15, -0.1) is 11.8 Å². The zero-order chi connectivity index (χ0) is 14.5. The van der Waals surface area contributed by atoms with Gasteiger partial charge in [-0.25, -0.2) is 9.97 Å². The van der Waals surface area contributed by atoms with Gasteiger partial charge in [-0.05, 0) is 40.5 Å². The van der Waals surface area contributed by atoms with Crippen molar-refractivity contribution in [2.75, 3.05) is 12.4 Å². The SMILES string of the molecule is CCc1nc(CSc2cccc(Cl)c2)nc(NC)c1Br. The van der Waals surface area contributed by atoms with Crippen LogP contribution in [-0.4, -0.2) is 17.0 Å². The number of aromatic nitrogens is 2. The molecule has 0 bridgehead atoms. The van der Waals surface area contributed by atoms with E-state index in [2.05, 4.69) is 38.1 Å². The van der Waals surface area contributed by atoms with Gasteiger partial charge in [-0.2, -0.15) is 0 Å². The number of benzene rings is 1. The Morgan fingerprint density at radius 1 is 1.35 bits per heavy atom. The normalized spacial score (nSPS) is 10.6. The van der Waals surface area contributed by atoms with Crippen LogP contribution in [0.1, 0.15) is 18.4 Å². The van der Waals surface area contributed by atoms with E-state index in [1.54, 1.807) is 11.8 Å². The Balaban J connectivity index is 2.17. The Kier molecular flexibility index (Phi) is 5.69. The van der Waals surface area contributed by atoms with Crippen molar-refractivity contribution in [2.24, 2.45) is 0 Å². The molecule has 0 saturated carbocycles. The van der Waals surface area contributed by atoms with E-state index in [0.717, 1.165) is 43.9 Å². The van der Waals surface area contributed by atoms with Gasteiger partial charge in [0, 0.05) is 17.0 Å². The van der Waals surface area contributed by atoms with Crippen molar-refractivity contribution in [2.45, 2.75) is 24.0 Å². The monoisotopic (exact) mass is 371 g/mol. The molecule has 0 radical (unpaired) electrons. The molecular formula is C14H15BrClN3S. The number of hydrogen-bond donors (Lipinski definition) is 1. The molecule has 6 heteroatoms. The van der Waals surface area contributed by atoms with Crippen molar-refractivity contribution in [1.29, 1.82) is 0 Å². The van der Waals surface area contributed by atoms with Gasteiger partial charge in [0.15, 0.2) is 0 Å². The lowest BCUT2D eigenvalue weighted by Crippen LogP contribution is -2.04. The van der Waals surface area contributed by atoms with Crippen LogP contribution in [0.4, 0.5) is 5.82 Å². The summed E-state index contributed by atoms with van der Waals surface area (Å²) in [6.45, 7) is 2.08. The third-order valence-electron chi connectivity index (χ3n) is 2.70. The van der Waals surface area contributed by atoms with Crippen LogP contribution in [0.3, 0.4) is 0 Å². The number of halogens is 2. The van der Waals surface area contributed by atoms with E-state index in [4.69, 9.17) is 11.6 Å². The number of nitrogens with zero attached hydrogens (tertiary/aromatic N) is 2. The predicted octanol–water partition coefficient (Wildman–Crippen LogP) is 4.79. The third kappa shape index (κ3) is 3.87. The Morgan fingerprint density at radius 3 is 2.80 bits per heavy atom. The van der Waals surface area contributed by atoms with E-state index < -0.39 is 0 Å². The van der Waals surface area contributed by atoms with Crippen molar-refractivity contribution >= 4 is 45.1 Å². The zero-order valence-corrected chi connectivity index (χ0v) is 14.4. The number of aryl methyl sites for hydroxylation is 1. The lowest BCUT2D eigenvalue weighted by atomic mass is 10.3. The maximum absolute atomic E-state index is 5.98. The predicted molar refractivity (Wildman–Crippen MR) is 89.7 cm³/mol. The van der Waals surface area contributed by atoms with Gasteiger partial charge in [-0.3, -0.25) is 0 Å².